The minimum Gasteiger partial charge on any atom is -0.506 e. The highest BCUT2D eigenvalue weighted by Crippen LogP contribution is 2.36. The van der Waals surface area contributed by atoms with E-state index in [9.17, 15) is 20.1 Å². The van der Waals surface area contributed by atoms with Crippen molar-refractivity contribution in [1.82, 2.24) is 20.8 Å². The molecule has 2 aromatic heterocycles. The molecule has 4 aromatic carbocycles. The van der Waals surface area contributed by atoms with Crippen LogP contribution in [0.5, 0.6) is 11.5 Å². The molecule has 1 atom stereocenters. The van der Waals surface area contributed by atoms with Crippen LogP contribution < -0.4 is 20.9 Å². The van der Waals surface area contributed by atoms with E-state index in [1.54, 1.807) is 18.2 Å². The molecule has 0 bridgehead atoms. The first-order valence-electron chi connectivity index (χ1n) is 16.4. The van der Waals surface area contributed by atoms with Gasteiger partial charge in [-0.1, -0.05) is 84.0 Å². The summed E-state index contributed by atoms with van der Waals surface area (Å²) in [5.74, 6) is 1.40. The molecule has 6 rings (SSSR count). The van der Waals surface area contributed by atoms with Crippen LogP contribution in [0.3, 0.4) is 0 Å². The molecule has 0 aliphatic heterocycles. The lowest BCUT2D eigenvalue weighted by molar-refractivity contribution is 0.116. The number of aromatic amines is 1. The SMILES string of the molecule is O=c1ccc2c([C@@H](O)CNCCc3ccc(OCCCNCc4cc(C(O)(c5ccccc5)c5ccccc5)no4)cc3)ccc(O)c2[nH]1. The summed E-state index contributed by atoms with van der Waals surface area (Å²) < 4.78 is 11.5. The van der Waals surface area contributed by atoms with Gasteiger partial charge in [-0.25, -0.2) is 0 Å². The van der Waals surface area contributed by atoms with Crippen LogP contribution in [0.1, 0.15) is 46.2 Å². The van der Waals surface area contributed by atoms with E-state index in [1.807, 2.05) is 84.9 Å². The fourth-order valence-corrected chi connectivity index (χ4v) is 5.87. The lowest BCUT2D eigenvalue weighted by atomic mass is 9.83. The molecule has 0 aliphatic rings. The quantitative estimate of drug-likeness (QED) is 0.0794. The second-order valence-corrected chi connectivity index (χ2v) is 11.9. The van der Waals surface area contributed by atoms with E-state index in [0.717, 1.165) is 24.2 Å². The monoisotopic (exact) mass is 660 g/mol. The molecule has 10 heteroatoms. The van der Waals surface area contributed by atoms with Gasteiger partial charge in [0, 0.05) is 24.1 Å². The van der Waals surface area contributed by atoms with Crippen LogP contribution >= 0.6 is 0 Å². The molecule has 0 saturated carbocycles. The van der Waals surface area contributed by atoms with Gasteiger partial charge >= 0.3 is 0 Å². The first-order valence-corrected chi connectivity index (χ1v) is 16.4. The summed E-state index contributed by atoms with van der Waals surface area (Å²) in [6.45, 7) is 2.73. The topological polar surface area (TPSA) is 153 Å². The first-order chi connectivity index (χ1) is 23.9. The van der Waals surface area contributed by atoms with Crippen molar-refractivity contribution in [2.24, 2.45) is 0 Å². The number of H-pyrrole nitrogens is 1. The van der Waals surface area contributed by atoms with Crippen LogP contribution in [-0.4, -0.2) is 51.7 Å². The van der Waals surface area contributed by atoms with E-state index < -0.39 is 11.7 Å². The normalized spacial score (nSPS) is 12.3. The van der Waals surface area contributed by atoms with Crippen molar-refractivity contribution in [2.45, 2.75) is 31.1 Å². The third kappa shape index (κ3) is 8.07. The summed E-state index contributed by atoms with van der Waals surface area (Å²) in [6.07, 6.45) is 0.768. The number of phenolic OH excluding ortho intramolecular Hbond substituents is 1. The highest BCUT2D eigenvalue weighted by atomic mass is 16.5. The Morgan fingerprint density at radius 2 is 1.57 bits per heavy atom. The Bertz CT molecular complexity index is 1950. The van der Waals surface area contributed by atoms with Crippen molar-refractivity contribution in [3.05, 3.63) is 159 Å². The Morgan fingerprint density at radius 3 is 2.29 bits per heavy atom. The summed E-state index contributed by atoms with van der Waals surface area (Å²) in [6, 6.07) is 34.8. The molecule has 0 fully saturated rings. The average molecular weight is 661 g/mol. The van der Waals surface area contributed by atoms with Gasteiger partial charge in [-0.15, -0.1) is 0 Å². The predicted octanol–water partition coefficient (Wildman–Crippen LogP) is 4.93. The fourth-order valence-electron chi connectivity index (χ4n) is 5.87. The van der Waals surface area contributed by atoms with Crippen molar-refractivity contribution in [3.63, 3.8) is 0 Å². The number of pyridine rings is 1. The molecule has 0 saturated heterocycles. The Balaban J connectivity index is 0.904. The summed E-state index contributed by atoms with van der Waals surface area (Å²) in [5.41, 5.74) is 2.22. The standard InChI is InChI=1S/C39H40N4O6/c44-34-18-16-32(33-17-19-37(46)42-38(33)34)35(45)26-41-22-20-27-12-14-30(15-13-27)48-23-7-21-40-25-31-24-36(43-49-31)39(47,28-8-3-1-4-9-28)29-10-5-2-6-11-29/h1-6,8-19,24,35,40-41,44-45,47H,7,20-23,25-26H2,(H,42,46)/t35-/m0/s1. The summed E-state index contributed by atoms with van der Waals surface area (Å²) in [7, 11) is 0. The van der Waals surface area contributed by atoms with Gasteiger partial charge in [-0.05, 0) is 72.5 Å². The first kappa shape index (κ1) is 33.6. The Hall–Kier alpha value is -5.26. The molecular formula is C39H40N4O6. The molecule has 10 nitrogen and oxygen atoms in total. The Morgan fingerprint density at radius 1 is 0.857 bits per heavy atom. The highest BCUT2D eigenvalue weighted by molar-refractivity contribution is 5.87. The summed E-state index contributed by atoms with van der Waals surface area (Å²) in [5, 5.41) is 44.2. The number of aliphatic hydroxyl groups excluding tert-OH is 1. The van der Waals surface area contributed by atoms with Crippen LogP contribution in [0.25, 0.3) is 10.9 Å². The molecule has 2 heterocycles. The molecule has 0 amide bonds. The second kappa shape index (κ2) is 15.8. The zero-order chi connectivity index (χ0) is 34.1. The summed E-state index contributed by atoms with van der Waals surface area (Å²) in [4.78, 5) is 14.3. The van der Waals surface area contributed by atoms with Gasteiger partial charge in [0.25, 0.3) is 0 Å². The van der Waals surface area contributed by atoms with E-state index in [-0.39, 0.29) is 11.3 Å². The number of aliphatic hydroxyl groups is 2. The number of nitrogens with one attached hydrogen (secondary N) is 3. The number of aromatic nitrogens is 2. The number of ether oxygens (including phenoxy) is 1. The molecule has 6 aromatic rings. The molecule has 0 unspecified atom stereocenters. The van der Waals surface area contributed by atoms with Crippen molar-refractivity contribution < 1.29 is 24.6 Å². The van der Waals surface area contributed by atoms with Gasteiger partial charge in [0.05, 0.1) is 24.8 Å². The fraction of sp³-hybridized carbons (Fsp3) is 0.231. The number of rotatable bonds is 16. The molecule has 6 N–H and O–H groups in total. The zero-order valence-electron chi connectivity index (χ0n) is 27.0. The van der Waals surface area contributed by atoms with Crippen LogP contribution in [0, 0.1) is 0 Å². The van der Waals surface area contributed by atoms with E-state index in [2.05, 4.69) is 20.8 Å². The van der Waals surface area contributed by atoms with E-state index >= 15 is 0 Å². The van der Waals surface area contributed by atoms with Crippen molar-refractivity contribution in [3.8, 4) is 11.5 Å². The van der Waals surface area contributed by atoms with Gasteiger partial charge in [-0.2, -0.15) is 0 Å². The van der Waals surface area contributed by atoms with Gasteiger partial charge in [0.2, 0.25) is 5.56 Å². The third-order valence-corrected chi connectivity index (χ3v) is 8.50. The molecular weight excluding hydrogens is 620 g/mol. The van der Waals surface area contributed by atoms with Crippen LogP contribution in [0.15, 0.2) is 125 Å². The van der Waals surface area contributed by atoms with E-state index in [4.69, 9.17) is 9.26 Å². The average Bonchev–Trinajstić information content (AvgIpc) is 3.62. The van der Waals surface area contributed by atoms with Gasteiger partial charge in [-0.3, -0.25) is 4.79 Å². The van der Waals surface area contributed by atoms with Gasteiger partial charge in [0.1, 0.15) is 17.2 Å². The van der Waals surface area contributed by atoms with Gasteiger partial charge in [0.15, 0.2) is 11.4 Å². The minimum atomic E-state index is -1.43. The van der Waals surface area contributed by atoms with E-state index in [0.29, 0.717) is 71.8 Å². The molecule has 49 heavy (non-hydrogen) atoms. The Kier molecular flexibility index (Phi) is 10.8. The predicted molar refractivity (Wildman–Crippen MR) is 188 cm³/mol. The van der Waals surface area contributed by atoms with Crippen molar-refractivity contribution >= 4 is 10.9 Å². The third-order valence-electron chi connectivity index (χ3n) is 8.50. The van der Waals surface area contributed by atoms with Crippen molar-refractivity contribution in [1.29, 1.82) is 0 Å². The maximum Gasteiger partial charge on any atom is 0.248 e. The van der Waals surface area contributed by atoms with Crippen LogP contribution in [-0.2, 0) is 18.6 Å². The molecule has 0 aliphatic carbocycles. The number of fused-ring (bicyclic) bond motifs is 1. The summed E-state index contributed by atoms with van der Waals surface area (Å²) >= 11 is 0. The molecule has 0 radical (unpaired) electrons. The lowest BCUT2D eigenvalue weighted by Crippen LogP contribution is -2.29. The number of hydrogen-bond acceptors (Lipinski definition) is 9. The molecule has 252 valence electrons. The number of aromatic hydroxyl groups is 1. The Labute approximate surface area is 284 Å². The lowest BCUT2D eigenvalue weighted by Gasteiger charge is -2.27. The van der Waals surface area contributed by atoms with Crippen LogP contribution in [0.4, 0.5) is 0 Å². The maximum absolute atomic E-state index is 11.9. The largest absolute Gasteiger partial charge is 0.506 e. The number of hydrogen-bond donors (Lipinski definition) is 6. The van der Waals surface area contributed by atoms with Gasteiger partial charge < -0.3 is 40.2 Å². The molecule has 0 spiro atoms. The zero-order valence-corrected chi connectivity index (χ0v) is 27.0. The second-order valence-electron chi connectivity index (χ2n) is 11.9. The number of nitrogens with zero attached hydrogens (tertiary/aromatic N) is 1. The van der Waals surface area contributed by atoms with Crippen LogP contribution in [0.2, 0.25) is 0 Å². The maximum atomic E-state index is 11.9. The number of benzene rings is 4. The highest BCUT2D eigenvalue weighted by Gasteiger charge is 2.37. The minimum absolute atomic E-state index is 0.0309. The van der Waals surface area contributed by atoms with E-state index in [1.165, 1.54) is 12.1 Å². The number of phenols is 1. The van der Waals surface area contributed by atoms with Crippen molar-refractivity contribution in [2.75, 3.05) is 26.2 Å². The smallest absolute Gasteiger partial charge is 0.248 e.